The summed E-state index contributed by atoms with van der Waals surface area (Å²) in [5.41, 5.74) is -0.773. The number of benzene rings is 1. The topological polar surface area (TPSA) is 64.2 Å². The highest BCUT2D eigenvalue weighted by molar-refractivity contribution is 5.68. The summed E-state index contributed by atoms with van der Waals surface area (Å²) in [4.78, 5) is 16.5. The van der Waals surface area contributed by atoms with Crippen LogP contribution in [0.25, 0.3) is 11.3 Å². The molecule has 0 amide bonds. The highest BCUT2D eigenvalue weighted by atomic mass is 19.4. The summed E-state index contributed by atoms with van der Waals surface area (Å²) in [7, 11) is 2.80. The third-order valence-electron chi connectivity index (χ3n) is 2.69. The molecule has 1 N–H and O–H groups in total. The Hall–Kier alpha value is -2.51. The van der Waals surface area contributed by atoms with Crippen LogP contribution in [-0.2, 0) is 6.18 Å². The van der Waals surface area contributed by atoms with Gasteiger partial charge in [-0.1, -0.05) is 0 Å². The highest BCUT2D eigenvalue weighted by Crippen LogP contribution is 2.33. The number of aromatic nitrogens is 2. The molecule has 0 bridgehead atoms. The summed E-state index contributed by atoms with van der Waals surface area (Å²) >= 11 is 0. The molecule has 0 spiro atoms. The van der Waals surface area contributed by atoms with Crippen LogP contribution in [0.4, 0.5) is 13.2 Å². The van der Waals surface area contributed by atoms with E-state index in [2.05, 4.69) is 4.98 Å². The molecule has 0 atom stereocenters. The number of rotatable bonds is 3. The number of nitrogens with zero attached hydrogens (tertiary/aromatic N) is 1. The molecule has 2 aromatic rings. The first-order valence-electron chi connectivity index (χ1n) is 5.76. The summed E-state index contributed by atoms with van der Waals surface area (Å²) < 4.78 is 48.1. The molecule has 0 saturated carbocycles. The fraction of sp³-hybridized carbons (Fsp3) is 0.231. The maximum absolute atomic E-state index is 12.7. The predicted molar refractivity (Wildman–Crippen MR) is 68.4 cm³/mol. The Morgan fingerprint density at radius 1 is 1.14 bits per heavy atom. The van der Waals surface area contributed by atoms with Crippen molar-refractivity contribution in [1.82, 2.24) is 9.97 Å². The number of hydrogen-bond acceptors (Lipinski definition) is 4. The Kier molecular flexibility index (Phi) is 3.88. The van der Waals surface area contributed by atoms with Crippen molar-refractivity contribution in [3.63, 3.8) is 0 Å². The maximum atomic E-state index is 12.7. The lowest BCUT2D eigenvalue weighted by Gasteiger charge is -2.11. The van der Waals surface area contributed by atoms with E-state index in [-0.39, 0.29) is 17.0 Å². The minimum atomic E-state index is -4.74. The predicted octanol–water partition coefficient (Wildman–Crippen LogP) is 2.47. The maximum Gasteiger partial charge on any atom is 0.449 e. The van der Waals surface area contributed by atoms with Gasteiger partial charge in [0, 0.05) is 17.7 Å². The second kappa shape index (κ2) is 5.47. The number of hydrogen-bond donors (Lipinski definition) is 1. The minimum Gasteiger partial charge on any atom is -0.497 e. The van der Waals surface area contributed by atoms with E-state index in [9.17, 15) is 18.0 Å². The fourth-order valence-electron chi connectivity index (χ4n) is 1.74. The minimum absolute atomic E-state index is 0.134. The average molecular weight is 300 g/mol. The first kappa shape index (κ1) is 14.9. The quantitative estimate of drug-likeness (QED) is 0.945. The van der Waals surface area contributed by atoms with Gasteiger partial charge in [-0.15, -0.1) is 0 Å². The van der Waals surface area contributed by atoms with Gasteiger partial charge in [0.15, 0.2) is 0 Å². The Balaban J connectivity index is 2.62. The van der Waals surface area contributed by atoms with E-state index < -0.39 is 17.6 Å². The van der Waals surface area contributed by atoms with Crippen LogP contribution in [0, 0.1) is 0 Å². The van der Waals surface area contributed by atoms with Gasteiger partial charge in [0.1, 0.15) is 11.5 Å². The van der Waals surface area contributed by atoms with Crippen LogP contribution in [0.15, 0.2) is 29.1 Å². The molecular weight excluding hydrogens is 289 g/mol. The molecule has 0 saturated heterocycles. The van der Waals surface area contributed by atoms with Crippen molar-refractivity contribution in [1.29, 1.82) is 0 Å². The van der Waals surface area contributed by atoms with E-state index in [1.54, 1.807) is 4.98 Å². The molecular formula is C13H11F3N2O3. The molecule has 0 fully saturated rings. The second-order valence-electron chi connectivity index (χ2n) is 4.04. The van der Waals surface area contributed by atoms with Crippen LogP contribution in [0.3, 0.4) is 0 Å². The molecule has 8 heteroatoms. The summed E-state index contributed by atoms with van der Waals surface area (Å²) in [6.45, 7) is 0. The van der Waals surface area contributed by atoms with Crippen LogP contribution in [0.5, 0.6) is 11.5 Å². The van der Waals surface area contributed by atoms with Crippen molar-refractivity contribution in [2.45, 2.75) is 6.18 Å². The third-order valence-corrected chi connectivity index (χ3v) is 2.69. The molecule has 5 nitrogen and oxygen atoms in total. The first-order valence-corrected chi connectivity index (χ1v) is 5.76. The van der Waals surface area contributed by atoms with Crippen molar-refractivity contribution < 1.29 is 22.6 Å². The number of H-pyrrole nitrogens is 1. The summed E-state index contributed by atoms with van der Waals surface area (Å²) in [5, 5.41) is 0. The zero-order valence-corrected chi connectivity index (χ0v) is 11.1. The van der Waals surface area contributed by atoms with E-state index in [1.165, 1.54) is 32.4 Å². The number of alkyl halides is 3. The first-order chi connectivity index (χ1) is 9.85. The van der Waals surface area contributed by atoms with Gasteiger partial charge < -0.3 is 14.5 Å². The van der Waals surface area contributed by atoms with Gasteiger partial charge >= 0.3 is 6.18 Å². The van der Waals surface area contributed by atoms with Crippen molar-refractivity contribution in [2.24, 2.45) is 0 Å². The van der Waals surface area contributed by atoms with Crippen molar-refractivity contribution in [3.8, 4) is 22.8 Å². The van der Waals surface area contributed by atoms with Gasteiger partial charge in [0.2, 0.25) is 5.82 Å². The van der Waals surface area contributed by atoms with Gasteiger partial charge in [-0.3, -0.25) is 4.79 Å². The van der Waals surface area contributed by atoms with E-state index in [0.29, 0.717) is 5.75 Å². The standard InChI is InChI=1S/C13H11F3N2O3/c1-20-7-3-4-8(10(5-7)21-2)9-6-11(19)18-12(17-9)13(14,15)16/h3-6H,1-2H3,(H,17,18,19). The third kappa shape index (κ3) is 3.15. The number of aromatic amines is 1. The Bertz CT molecular complexity index is 711. The lowest BCUT2D eigenvalue weighted by Crippen LogP contribution is -2.18. The molecule has 1 heterocycles. The van der Waals surface area contributed by atoms with E-state index in [4.69, 9.17) is 9.47 Å². The molecule has 0 aliphatic heterocycles. The SMILES string of the molecule is COc1ccc(-c2cc(=O)[nH]c(C(F)(F)F)n2)c(OC)c1. The van der Waals surface area contributed by atoms with E-state index in [0.717, 1.165) is 6.07 Å². The molecule has 0 aliphatic rings. The summed E-state index contributed by atoms with van der Waals surface area (Å²) in [6, 6.07) is 5.47. The number of ether oxygens (including phenoxy) is 2. The smallest absolute Gasteiger partial charge is 0.449 e. The van der Waals surface area contributed by atoms with Crippen LogP contribution < -0.4 is 15.0 Å². The summed E-state index contributed by atoms with van der Waals surface area (Å²) in [6.07, 6.45) is -4.74. The van der Waals surface area contributed by atoms with Crippen LogP contribution in [-0.4, -0.2) is 24.2 Å². The van der Waals surface area contributed by atoms with Crippen LogP contribution >= 0.6 is 0 Å². The second-order valence-corrected chi connectivity index (χ2v) is 4.04. The van der Waals surface area contributed by atoms with Gasteiger partial charge in [0.25, 0.3) is 5.56 Å². The number of halogens is 3. The fourth-order valence-corrected chi connectivity index (χ4v) is 1.74. The molecule has 112 valence electrons. The normalized spacial score (nSPS) is 11.3. The molecule has 0 unspecified atom stereocenters. The lowest BCUT2D eigenvalue weighted by atomic mass is 10.1. The summed E-state index contributed by atoms with van der Waals surface area (Å²) in [5.74, 6) is -0.639. The van der Waals surface area contributed by atoms with Crippen molar-refractivity contribution >= 4 is 0 Å². The zero-order valence-electron chi connectivity index (χ0n) is 11.1. The lowest BCUT2D eigenvalue weighted by molar-refractivity contribution is -0.145. The molecule has 1 aromatic heterocycles. The Morgan fingerprint density at radius 3 is 2.43 bits per heavy atom. The number of nitrogens with one attached hydrogen (secondary N) is 1. The Labute approximate surface area is 117 Å². The van der Waals surface area contributed by atoms with Crippen molar-refractivity contribution in [3.05, 3.63) is 40.4 Å². The monoisotopic (exact) mass is 300 g/mol. The van der Waals surface area contributed by atoms with Crippen molar-refractivity contribution in [2.75, 3.05) is 14.2 Å². The van der Waals surface area contributed by atoms with Crippen LogP contribution in [0.1, 0.15) is 5.82 Å². The van der Waals surface area contributed by atoms with E-state index >= 15 is 0 Å². The molecule has 21 heavy (non-hydrogen) atoms. The molecule has 0 radical (unpaired) electrons. The average Bonchev–Trinajstić information content (AvgIpc) is 2.45. The van der Waals surface area contributed by atoms with Gasteiger partial charge in [0.05, 0.1) is 19.9 Å². The van der Waals surface area contributed by atoms with Gasteiger partial charge in [-0.2, -0.15) is 13.2 Å². The molecule has 2 rings (SSSR count). The Morgan fingerprint density at radius 2 is 1.86 bits per heavy atom. The highest BCUT2D eigenvalue weighted by Gasteiger charge is 2.34. The largest absolute Gasteiger partial charge is 0.497 e. The number of methoxy groups -OCH3 is 2. The van der Waals surface area contributed by atoms with Gasteiger partial charge in [-0.25, -0.2) is 4.98 Å². The van der Waals surface area contributed by atoms with E-state index in [1.807, 2.05) is 0 Å². The van der Waals surface area contributed by atoms with Crippen LogP contribution in [0.2, 0.25) is 0 Å². The zero-order chi connectivity index (χ0) is 15.6. The van der Waals surface area contributed by atoms with Gasteiger partial charge in [-0.05, 0) is 12.1 Å². The molecule has 0 aliphatic carbocycles. The molecule has 1 aromatic carbocycles.